The van der Waals surface area contributed by atoms with Crippen LogP contribution in [0.4, 0.5) is 0 Å². The van der Waals surface area contributed by atoms with Crippen molar-refractivity contribution >= 4 is 17.5 Å². The third-order valence-corrected chi connectivity index (χ3v) is 4.47. The van der Waals surface area contributed by atoms with E-state index in [1.807, 2.05) is 47.4 Å². The van der Waals surface area contributed by atoms with E-state index in [2.05, 4.69) is 9.88 Å². The summed E-state index contributed by atoms with van der Waals surface area (Å²) in [7, 11) is 0. The van der Waals surface area contributed by atoms with Crippen LogP contribution in [-0.2, 0) is 22.7 Å². The van der Waals surface area contributed by atoms with E-state index in [4.69, 9.17) is 16.3 Å². The predicted octanol–water partition coefficient (Wildman–Crippen LogP) is 2.60. The van der Waals surface area contributed by atoms with Gasteiger partial charge in [0.1, 0.15) is 11.8 Å². The predicted molar refractivity (Wildman–Crippen MR) is 97.2 cm³/mol. The molecule has 0 bridgehead atoms. The zero-order chi connectivity index (χ0) is 17.5. The minimum atomic E-state index is 0.0579. The number of hydrogen-bond acceptors (Lipinski definition) is 4. The molecule has 0 aliphatic carbocycles. The van der Waals surface area contributed by atoms with Crippen molar-refractivity contribution in [2.24, 2.45) is 0 Å². The van der Waals surface area contributed by atoms with Gasteiger partial charge in [0.2, 0.25) is 5.91 Å². The van der Waals surface area contributed by atoms with Crippen molar-refractivity contribution in [3.05, 3.63) is 64.9 Å². The molecule has 132 valence electrons. The number of benzene rings is 1. The largest absolute Gasteiger partial charge is 0.367 e. The number of aromatic nitrogens is 1. The highest BCUT2D eigenvalue weighted by atomic mass is 35.5. The first-order valence-electron chi connectivity index (χ1n) is 8.43. The van der Waals surface area contributed by atoms with Crippen LogP contribution in [0.2, 0.25) is 5.15 Å². The van der Waals surface area contributed by atoms with Crippen LogP contribution in [0, 0.1) is 0 Å². The summed E-state index contributed by atoms with van der Waals surface area (Å²) in [5.41, 5.74) is 2.22. The van der Waals surface area contributed by atoms with E-state index in [0.717, 1.165) is 43.9 Å². The molecule has 3 rings (SSSR count). The Labute approximate surface area is 153 Å². The first-order chi connectivity index (χ1) is 12.2. The fourth-order valence-corrected chi connectivity index (χ4v) is 3.07. The van der Waals surface area contributed by atoms with Gasteiger partial charge in [-0.1, -0.05) is 41.9 Å². The van der Waals surface area contributed by atoms with Gasteiger partial charge in [-0.05, 0) is 23.3 Å². The third-order valence-electron chi connectivity index (χ3n) is 4.26. The highest BCUT2D eigenvalue weighted by Crippen LogP contribution is 2.12. The summed E-state index contributed by atoms with van der Waals surface area (Å²) in [6.45, 7) is 4.59. The first kappa shape index (κ1) is 17.9. The van der Waals surface area contributed by atoms with Gasteiger partial charge in [0.15, 0.2) is 0 Å². The Kier molecular flexibility index (Phi) is 6.39. The van der Waals surface area contributed by atoms with Crippen molar-refractivity contribution in [1.29, 1.82) is 0 Å². The van der Waals surface area contributed by atoms with Crippen LogP contribution in [0.1, 0.15) is 11.1 Å². The lowest BCUT2D eigenvalue weighted by atomic mass is 10.2. The maximum absolute atomic E-state index is 12.3. The van der Waals surface area contributed by atoms with Crippen molar-refractivity contribution < 1.29 is 9.53 Å². The number of amides is 1. The molecule has 0 spiro atoms. The van der Waals surface area contributed by atoms with E-state index < -0.39 is 0 Å². The molecular formula is C19H22ClN3O2. The number of hydrogen-bond donors (Lipinski definition) is 0. The van der Waals surface area contributed by atoms with Gasteiger partial charge in [0, 0.05) is 38.9 Å². The Bertz CT molecular complexity index is 688. The molecule has 0 N–H and O–H groups in total. The lowest BCUT2D eigenvalue weighted by molar-refractivity contribution is -0.138. The van der Waals surface area contributed by atoms with Gasteiger partial charge < -0.3 is 9.64 Å². The van der Waals surface area contributed by atoms with Crippen molar-refractivity contribution in [3.8, 4) is 0 Å². The van der Waals surface area contributed by atoms with Crippen LogP contribution in [-0.4, -0.2) is 53.5 Å². The van der Waals surface area contributed by atoms with Gasteiger partial charge >= 0.3 is 0 Å². The summed E-state index contributed by atoms with van der Waals surface area (Å²) in [4.78, 5) is 20.4. The number of halogens is 1. The maximum Gasteiger partial charge on any atom is 0.248 e. The Morgan fingerprint density at radius 2 is 1.84 bits per heavy atom. The second-order valence-corrected chi connectivity index (χ2v) is 6.51. The normalized spacial score (nSPS) is 15.3. The highest BCUT2D eigenvalue weighted by Gasteiger charge is 2.21. The topological polar surface area (TPSA) is 45.7 Å². The minimum absolute atomic E-state index is 0.0579. The molecule has 5 nitrogen and oxygen atoms in total. The number of rotatable bonds is 6. The molecular weight excluding hydrogens is 338 g/mol. The van der Waals surface area contributed by atoms with Gasteiger partial charge in [-0.3, -0.25) is 9.69 Å². The molecule has 0 radical (unpaired) electrons. The third kappa shape index (κ3) is 5.53. The Morgan fingerprint density at radius 3 is 2.56 bits per heavy atom. The first-order valence-corrected chi connectivity index (χ1v) is 8.81. The standard InChI is InChI=1S/C19H22ClN3O2/c20-18-12-17(6-7-21-18)13-22-8-10-23(11-9-22)19(24)15-25-14-16-4-2-1-3-5-16/h1-7,12H,8-11,13-15H2. The zero-order valence-corrected chi connectivity index (χ0v) is 14.9. The van der Waals surface area contributed by atoms with Gasteiger partial charge in [-0.15, -0.1) is 0 Å². The van der Waals surface area contributed by atoms with Crippen LogP contribution >= 0.6 is 11.6 Å². The summed E-state index contributed by atoms with van der Waals surface area (Å²) < 4.78 is 5.54. The van der Waals surface area contributed by atoms with Gasteiger partial charge in [-0.25, -0.2) is 4.98 Å². The highest BCUT2D eigenvalue weighted by molar-refractivity contribution is 6.29. The Morgan fingerprint density at radius 1 is 1.08 bits per heavy atom. The lowest BCUT2D eigenvalue weighted by Gasteiger charge is -2.34. The van der Waals surface area contributed by atoms with Crippen molar-refractivity contribution in [1.82, 2.24) is 14.8 Å². The molecule has 0 atom stereocenters. The quantitative estimate of drug-likeness (QED) is 0.744. The van der Waals surface area contributed by atoms with Crippen LogP contribution in [0.15, 0.2) is 48.7 Å². The molecule has 0 saturated carbocycles. The molecule has 1 aromatic heterocycles. The molecule has 1 amide bonds. The van der Waals surface area contributed by atoms with E-state index >= 15 is 0 Å². The van der Waals surface area contributed by atoms with Crippen LogP contribution < -0.4 is 0 Å². The van der Waals surface area contributed by atoms with Crippen molar-refractivity contribution in [3.63, 3.8) is 0 Å². The number of carbonyl (C=O) groups excluding carboxylic acids is 1. The number of carbonyl (C=O) groups is 1. The maximum atomic E-state index is 12.3. The number of nitrogens with zero attached hydrogens (tertiary/aromatic N) is 3. The fraction of sp³-hybridized carbons (Fsp3) is 0.368. The smallest absolute Gasteiger partial charge is 0.248 e. The van der Waals surface area contributed by atoms with Gasteiger partial charge in [0.25, 0.3) is 0 Å². The molecule has 6 heteroatoms. The molecule has 1 aliphatic rings. The van der Waals surface area contributed by atoms with Crippen LogP contribution in [0.3, 0.4) is 0 Å². The van der Waals surface area contributed by atoms with E-state index in [0.29, 0.717) is 11.8 Å². The molecule has 2 aromatic rings. The summed E-state index contributed by atoms with van der Waals surface area (Å²) >= 11 is 5.92. The van der Waals surface area contributed by atoms with E-state index in [9.17, 15) is 4.79 Å². The van der Waals surface area contributed by atoms with Gasteiger partial charge in [0.05, 0.1) is 6.61 Å². The second kappa shape index (κ2) is 8.94. The minimum Gasteiger partial charge on any atom is -0.367 e. The monoisotopic (exact) mass is 359 g/mol. The SMILES string of the molecule is O=C(COCc1ccccc1)N1CCN(Cc2ccnc(Cl)c2)CC1. The number of pyridine rings is 1. The molecule has 0 unspecified atom stereocenters. The molecule has 25 heavy (non-hydrogen) atoms. The average Bonchev–Trinajstić information content (AvgIpc) is 2.63. The Balaban J connectivity index is 1.38. The summed E-state index contributed by atoms with van der Waals surface area (Å²) in [5, 5.41) is 0.516. The lowest BCUT2D eigenvalue weighted by Crippen LogP contribution is -2.49. The number of ether oxygens (including phenoxy) is 1. The van der Waals surface area contributed by atoms with Gasteiger partial charge in [-0.2, -0.15) is 0 Å². The Hall–Kier alpha value is -1.95. The fourth-order valence-electron chi connectivity index (χ4n) is 2.88. The molecule has 2 heterocycles. The van der Waals surface area contributed by atoms with E-state index in [1.165, 1.54) is 0 Å². The average molecular weight is 360 g/mol. The molecule has 1 aromatic carbocycles. The van der Waals surface area contributed by atoms with E-state index in [-0.39, 0.29) is 12.5 Å². The molecule has 1 fully saturated rings. The molecule has 1 aliphatic heterocycles. The number of piperazine rings is 1. The van der Waals surface area contributed by atoms with E-state index in [1.54, 1.807) is 6.20 Å². The summed E-state index contributed by atoms with van der Waals surface area (Å²) in [5.74, 6) is 0.0579. The second-order valence-electron chi connectivity index (χ2n) is 6.12. The van der Waals surface area contributed by atoms with Crippen molar-refractivity contribution in [2.45, 2.75) is 13.2 Å². The van der Waals surface area contributed by atoms with Crippen LogP contribution in [0.25, 0.3) is 0 Å². The summed E-state index contributed by atoms with van der Waals surface area (Å²) in [6.07, 6.45) is 1.72. The zero-order valence-electron chi connectivity index (χ0n) is 14.1. The van der Waals surface area contributed by atoms with Crippen molar-refractivity contribution in [2.75, 3.05) is 32.8 Å². The summed E-state index contributed by atoms with van der Waals surface area (Å²) in [6, 6.07) is 13.8. The molecule has 1 saturated heterocycles. The van der Waals surface area contributed by atoms with Crippen LogP contribution in [0.5, 0.6) is 0 Å².